The maximum Gasteiger partial charge on any atom is 0.188 e. The third kappa shape index (κ3) is 1.70. The number of rotatable bonds is 0. The van der Waals surface area contributed by atoms with Gasteiger partial charge in [0, 0.05) is 0 Å². The van der Waals surface area contributed by atoms with Crippen molar-refractivity contribution in [2.24, 2.45) is 0 Å². The van der Waals surface area contributed by atoms with Gasteiger partial charge in [-0.1, -0.05) is 15.9 Å². The molecule has 1 atom stereocenters. The number of hydrogen-bond donors (Lipinski definition) is 0. The molecular formula is C9H10BrNOS. The first-order valence-corrected chi connectivity index (χ1v) is 6.06. The number of aryl methyl sites for hydroxylation is 2. The van der Waals surface area contributed by atoms with Crippen molar-refractivity contribution in [3.8, 4) is 0 Å². The van der Waals surface area contributed by atoms with Gasteiger partial charge in [0.25, 0.3) is 0 Å². The van der Waals surface area contributed by atoms with Gasteiger partial charge in [0.2, 0.25) is 0 Å². The molecule has 0 bridgehead atoms. The van der Waals surface area contributed by atoms with E-state index in [2.05, 4.69) is 20.9 Å². The third-order valence-electron chi connectivity index (χ3n) is 2.18. The van der Waals surface area contributed by atoms with Gasteiger partial charge < -0.3 is 0 Å². The lowest BCUT2D eigenvalue weighted by atomic mass is 10.2. The first-order chi connectivity index (χ1) is 6.18. The van der Waals surface area contributed by atoms with Gasteiger partial charge in [-0.05, 0) is 26.2 Å². The van der Waals surface area contributed by atoms with E-state index in [0.29, 0.717) is 0 Å². The lowest BCUT2D eigenvalue weighted by Gasteiger charge is -2.01. The van der Waals surface area contributed by atoms with E-state index in [4.69, 9.17) is 0 Å². The fourth-order valence-electron chi connectivity index (χ4n) is 1.55. The zero-order chi connectivity index (χ0) is 9.42. The normalized spacial score (nSPS) is 22.6. The van der Waals surface area contributed by atoms with Crippen LogP contribution in [0.3, 0.4) is 0 Å². The predicted molar refractivity (Wildman–Crippen MR) is 56.8 cm³/mol. The first-order valence-electron chi connectivity index (χ1n) is 4.33. The van der Waals surface area contributed by atoms with E-state index in [-0.39, 0.29) is 10.6 Å². The standard InChI is InChI=1S/C9H10BrNOS/c1-5-11-7-4-2-3-6(10)8(12)9(7)13-5/h6H,2-4H2,1H3. The van der Waals surface area contributed by atoms with E-state index in [0.717, 1.165) is 34.8 Å². The number of halogens is 1. The summed E-state index contributed by atoms with van der Waals surface area (Å²) >= 11 is 4.94. The van der Waals surface area contributed by atoms with E-state index in [1.54, 1.807) is 0 Å². The van der Waals surface area contributed by atoms with Crippen LogP contribution < -0.4 is 0 Å². The van der Waals surface area contributed by atoms with Crippen molar-refractivity contribution in [3.05, 3.63) is 15.6 Å². The average molecular weight is 260 g/mol. The van der Waals surface area contributed by atoms with Crippen LogP contribution in [0.1, 0.15) is 33.2 Å². The fourth-order valence-corrected chi connectivity index (χ4v) is 3.22. The summed E-state index contributed by atoms with van der Waals surface area (Å²) in [6.45, 7) is 1.95. The Balaban J connectivity index is 2.45. The number of thiazole rings is 1. The number of fused-ring (bicyclic) bond motifs is 1. The van der Waals surface area contributed by atoms with Gasteiger partial charge >= 0.3 is 0 Å². The molecule has 1 aromatic rings. The summed E-state index contributed by atoms with van der Waals surface area (Å²) in [6, 6.07) is 0. The number of aromatic nitrogens is 1. The number of carbonyl (C=O) groups excluding carboxylic acids is 1. The summed E-state index contributed by atoms with van der Waals surface area (Å²) in [5.41, 5.74) is 1.01. The summed E-state index contributed by atoms with van der Waals surface area (Å²) < 4.78 is 0. The molecule has 0 amide bonds. The van der Waals surface area contributed by atoms with E-state index < -0.39 is 0 Å². The minimum absolute atomic E-state index is 0.00796. The smallest absolute Gasteiger partial charge is 0.188 e. The molecule has 1 aliphatic carbocycles. The summed E-state index contributed by atoms with van der Waals surface area (Å²) in [5, 5.41) is 1.000. The molecule has 13 heavy (non-hydrogen) atoms. The Morgan fingerprint density at radius 3 is 3.15 bits per heavy atom. The monoisotopic (exact) mass is 259 g/mol. The molecule has 0 radical (unpaired) electrons. The maximum absolute atomic E-state index is 11.8. The first kappa shape index (κ1) is 9.34. The molecule has 1 aromatic heterocycles. The van der Waals surface area contributed by atoms with Crippen LogP contribution >= 0.6 is 27.3 Å². The Kier molecular flexibility index (Phi) is 2.51. The summed E-state index contributed by atoms with van der Waals surface area (Å²) in [4.78, 5) is 17.0. The van der Waals surface area contributed by atoms with Crippen LogP contribution in [-0.4, -0.2) is 15.6 Å². The summed E-state index contributed by atoms with van der Waals surface area (Å²) in [5.74, 6) is 0.220. The van der Waals surface area contributed by atoms with E-state index in [1.165, 1.54) is 11.3 Å². The molecule has 4 heteroatoms. The van der Waals surface area contributed by atoms with Crippen molar-refractivity contribution in [3.63, 3.8) is 0 Å². The molecule has 1 heterocycles. The SMILES string of the molecule is Cc1nc2c(s1)C(=O)C(Br)CCC2. The van der Waals surface area contributed by atoms with Gasteiger partial charge in [0.1, 0.15) is 0 Å². The summed E-state index contributed by atoms with van der Waals surface area (Å²) in [6.07, 6.45) is 2.94. The number of ketones is 1. The number of carbonyl (C=O) groups is 1. The molecule has 0 spiro atoms. The van der Waals surface area contributed by atoms with E-state index in [9.17, 15) is 4.79 Å². The highest BCUT2D eigenvalue weighted by atomic mass is 79.9. The van der Waals surface area contributed by atoms with Crippen LogP contribution in [0.5, 0.6) is 0 Å². The third-order valence-corrected chi connectivity index (χ3v) is 4.09. The largest absolute Gasteiger partial charge is 0.292 e. The topological polar surface area (TPSA) is 30.0 Å². The molecule has 0 fully saturated rings. The predicted octanol–water partition coefficient (Wildman–Crippen LogP) is 2.73. The molecule has 2 rings (SSSR count). The Morgan fingerprint density at radius 2 is 2.38 bits per heavy atom. The van der Waals surface area contributed by atoms with Gasteiger partial charge in [-0.3, -0.25) is 4.79 Å². The van der Waals surface area contributed by atoms with Gasteiger partial charge in [-0.15, -0.1) is 11.3 Å². The number of nitrogens with zero attached hydrogens (tertiary/aromatic N) is 1. The van der Waals surface area contributed by atoms with Crippen molar-refractivity contribution in [2.45, 2.75) is 31.0 Å². The van der Waals surface area contributed by atoms with Crippen molar-refractivity contribution >= 4 is 33.0 Å². The highest BCUT2D eigenvalue weighted by Gasteiger charge is 2.25. The number of Topliss-reactive ketones (excluding diaryl/α,β-unsaturated/α-hetero) is 1. The van der Waals surface area contributed by atoms with Gasteiger partial charge in [0.05, 0.1) is 20.4 Å². The average Bonchev–Trinajstić information content (AvgIpc) is 2.40. The quantitative estimate of drug-likeness (QED) is 0.530. The highest BCUT2D eigenvalue weighted by molar-refractivity contribution is 9.10. The molecule has 0 aromatic carbocycles. The van der Waals surface area contributed by atoms with Crippen LogP contribution in [0.25, 0.3) is 0 Å². The van der Waals surface area contributed by atoms with Crippen LogP contribution in [0.2, 0.25) is 0 Å². The molecule has 1 aliphatic rings. The zero-order valence-corrected chi connectivity index (χ0v) is 9.74. The Labute approximate surface area is 89.5 Å². The number of hydrogen-bond acceptors (Lipinski definition) is 3. The van der Waals surface area contributed by atoms with E-state index in [1.807, 2.05) is 6.92 Å². The molecule has 0 N–H and O–H groups in total. The lowest BCUT2D eigenvalue weighted by molar-refractivity contribution is 0.0994. The Morgan fingerprint density at radius 1 is 1.62 bits per heavy atom. The van der Waals surface area contributed by atoms with Gasteiger partial charge in [-0.25, -0.2) is 4.98 Å². The van der Waals surface area contributed by atoms with Crippen LogP contribution in [0, 0.1) is 6.92 Å². The fraction of sp³-hybridized carbons (Fsp3) is 0.556. The zero-order valence-electron chi connectivity index (χ0n) is 7.34. The van der Waals surface area contributed by atoms with Crippen LogP contribution in [0.4, 0.5) is 0 Å². The second kappa shape index (κ2) is 3.50. The second-order valence-corrected chi connectivity index (χ2v) is 5.54. The molecule has 0 saturated heterocycles. The van der Waals surface area contributed by atoms with Crippen molar-refractivity contribution in [1.82, 2.24) is 4.98 Å². The van der Waals surface area contributed by atoms with Crippen molar-refractivity contribution < 1.29 is 4.79 Å². The minimum atomic E-state index is 0.00796. The van der Waals surface area contributed by atoms with E-state index >= 15 is 0 Å². The second-order valence-electron chi connectivity index (χ2n) is 3.23. The van der Waals surface area contributed by atoms with Gasteiger partial charge in [0.15, 0.2) is 5.78 Å². The summed E-state index contributed by atoms with van der Waals surface area (Å²) in [7, 11) is 0. The molecule has 0 saturated carbocycles. The minimum Gasteiger partial charge on any atom is -0.292 e. The molecule has 1 unspecified atom stereocenters. The molecule has 70 valence electrons. The Hall–Kier alpha value is -0.220. The number of alkyl halides is 1. The molecular weight excluding hydrogens is 250 g/mol. The van der Waals surface area contributed by atoms with Crippen LogP contribution in [0.15, 0.2) is 0 Å². The van der Waals surface area contributed by atoms with Crippen molar-refractivity contribution in [2.75, 3.05) is 0 Å². The molecule has 2 nitrogen and oxygen atoms in total. The lowest BCUT2D eigenvalue weighted by Crippen LogP contribution is -2.11. The van der Waals surface area contributed by atoms with Gasteiger partial charge in [-0.2, -0.15) is 0 Å². The van der Waals surface area contributed by atoms with Crippen LogP contribution in [-0.2, 0) is 6.42 Å². The maximum atomic E-state index is 11.8. The Bertz CT molecular complexity index is 347. The molecule has 0 aliphatic heterocycles. The highest BCUT2D eigenvalue weighted by Crippen LogP contribution is 2.28. The van der Waals surface area contributed by atoms with Crippen molar-refractivity contribution in [1.29, 1.82) is 0 Å².